The van der Waals surface area contributed by atoms with E-state index in [-0.39, 0.29) is 24.0 Å². The molecule has 1 aromatic heterocycles. The van der Waals surface area contributed by atoms with Crippen LogP contribution in [0.3, 0.4) is 0 Å². The number of thiazole rings is 1. The molecule has 50 heavy (non-hydrogen) atoms. The van der Waals surface area contributed by atoms with Gasteiger partial charge in [-0.1, -0.05) is 59.5 Å². The highest BCUT2D eigenvalue weighted by atomic mass is 32.2. The summed E-state index contributed by atoms with van der Waals surface area (Å²) in [5.74, 6) is -2.49. The summed E-state index contributed by atoms with van der Waals surface area (Å²) in [4.78, 5) is 70.0. The quantitative estimate of drug-likeness (QED) is 0.132. The summed E-state index contributed by atoms with van der Waals surface area (Å²) in [5, 5.41) is 4.65. The number of fused-ring (bicyclic) bond motifs is 3. The maximum Gasteiger partial charge on any atom is 0.338 e. The number of rotatable bonds is 10. The number of H-pyrrole nitrogens is 1. The van der Waals surface area contributed by atoms with E-state index in [1.165, 1.54) is 23.9 Å². The molecule has 3 heterocycles. The number of aromatic nitrogens is 1. The molecule has 13 heteroatoms. The number of anilines is 2. The molecule has 2 N–H and O–H groups in total. The summed E-state index contributed by atoms with van der Waals surface area (Å²) >= 11 is 2.17. The average molecular weight is 710 g/mol. The van der Waals surface area contributed by atoms with Gasteiger partial charge in [-0.25, -0.2) is 9.69 Å². The lowest BCUT2D eigenvalue weighted by atomic mass is 9.83. The van der Waals surface area contributed by atoms with E-state index in [0.717, 1.165) is 27.0 Å². The molecule has 0 bridgehead atoms. The predicted molar refractivity (Wildman–Crippen MR) is 190 cm³/mol. The van der Waals surface area contributed by atoms with Gasteiger partial charge in [0.1, 0.15) is 5.25 Å². The standard InChI is InChI=1S/C37H31N3O8S2/c1-3-46-27-18-23(12-16-26(27)48-19-28(41)38-24-13-9-20-7-5-6-8-22(20)17-24)29-30-32(49-33-31(29)50-37(45)39-33)35(43)40(34(30)42)25-14-10-21(11-15-25)36(44)47-4-2/h5-18,29-30,32H,3-4,19H2,1-2H3,(H,38,41)(H,39,45)/t29-,30-,32+/m0/s1. The van der Waals surface area contributed by atoms with Crippen LogP contribution in [0.25, 0.3) is 10.8 Å². The van der Waals surface area contributed by atoms with Crippen LogP contribution in [0.1, 0.15) is 40.6 Å². The largest absolute Gasteiger partial charge is 0.490 e. The van der Waals surface area contributed by atoms with Gasteiger partial charge >= 0.3 is 10.8 Å². The van der Waals surface area contributed by atoms with E-state index in [0.29, 0.717) is 50.5 Å². The Morgan fingerprint density at radius 3 is 2.38 bits per heavy atom. The Hall–Kier alpha value is -5.40. The molecular formula is C37H31N3O8S2. The third-order valence-electron chi connectivity index (χ3n) is 8.48. The number of hydrogen-bond acceptors (Lipinski definition) is 10. The van der Waals surface area contributed by atoms with Gasteiger partial charge in [-0.2, -0.15) is 0 Å². The topological polar surface area (TPSA) is 144 Å². The number of carbonyl (C=O) groups is 4. The van der Waals surface area contributed by atoms with Crippen LogP contribution in [0.4, 0.5) is 11.4 Å². The zero-order valence-corrected chi connectivity index (χ0v) is 28.6. The second kappa shape index (κ2) is 13.8. The molecule has 0 aliphatic carbocycles. The van der Waals surface area contributed by atoms with Crippen molar-refractivity contribution in [3.63, 3.8) is 0 Å². The van der Waals surface area contributed by atoms with Gasteiger partial charge in [0.25, 0.3) is 5.91 Å². The Labute approximate surface area is 294 Å². The summed E-state index contributed by atoms with van der Waals surface area (Å²) in [5.41, 5.74) is 1.92. The van der Waals surface area contributed by atoms with Crippen molar-refractivity contribution in [1.82, 2.24) is 4.98 Å². The number of amides is 3. The molecule has 2 aliphatic rings. The molecule has 0 unspecified atom stereocenters. The molecule has 2 aliphatic heterocycles. The average Bonchev–Trinajstić information content (AvgIpc) is 3.61. The molecule has 3 amide bonds. The third kappa shape index (κ3) is 6.25. The highest BCUT2D eigenvalue weighted by Gasteiger charge is 2.56. The van der Waals surface area contributed by atoms with Gasteiger partial charge in [0, 0.05) is 16.5 Å². The van der Waals surface area contributed by atoms with Gasteiger partial charge in [0.05, 0.1) is 35.4 Å². The van der Waals surface area contributed by atoms with Crippen molar-refractivity contribution in [2.75, 3.05) is 30.0 Å². The number of nitrogens with one attached hydrogen (secondary N) is 2. The maximum atomic E-state index is 14.2. The first-order valence-corrected chi connectivity index (χ1v) is 17.7. The molecular weight excluding hydrogens is 679 g/mol. The SMILES string of the molecule is CCOC(=O)c1ccc(N2C(=O)[C@H]3[C@H](c4ccc(OCC(=O)Nc5ccc6ccccc6c5)c(OCC)c4)c4sc(=O)[nH]c4S[C@H]3C2=O)cc1. The van der Waals surface area contributed by atoms with Crippen LogP contribution in [0, 0.1) is 5.92 Å². The maximum absolute atomic E-state index is 14.2. The van der Waals surface area contributed by atoms with Crippen molar-refractivity contribution < 1.29 is 33.4 Å². The lowest BCUT2D eigenvalue weighted by molar-refractivity contribution is -0.122. The lowest BCUT2D eigenvalue weighted by Crippen LogP contribution is -2.32. The molecule has 0 saturated carbocycles. The van der Waals surface area contributed by atoms with E-state index >= 15 is 0 Å². The Morgan fingerprint density at radius 1 is 0.840 bits per heavy atom. The number of thioether (sulfide) groups is 1. The minimum atomic E-state index is -0.829. The number of carbonyl (C=O) groups excluding carboxylic acids is 4. The van der Waals surface area contributed by atoms with Gasteiger partial charge in [-0.05, 0) is 78.7 Å². The van der Waals surface area contributed by atoms with Crippen LogP contribution in [0.15, 0.2) is 94.7 Å². The van der Waals surface area contributed by atoms with Crippen LogP contribution in [-0.2, 0) is 19.1 Å². The summed E-state index contributed by atoms with van der Waals surface area (Å²) in [6.45, 7) is 3.76. The number of benzene rings is 4. The molecule has 4 aromatic carbocycles. The van der Waals surface area contributed by atoms with Crippen LogP contribution in [0.2, 0.25) is 0 Å². The third-order valence-corrected chi connectivity index (χ3v) is 10.9. The first-order chi connectivity index (χ1) is 24.2. The number of esters is 1. The summed E-state index contributed by atoms with van der Waals surface area (Å²) in [7, 11) is 0. The van der Waals surface area contributed by atoms with Crippen molar-refractivity contribution in [2.45, 2.75) is 30.0 Å². The van der Waals surface area contributed by atoms with Crippen molar-refractivity contribution in [2.24, 2.45) is 5.92 Å². The first-order valence-electron chi connectivity index (χ1n) is 16.0. The van der Waals surface area contributed by atoms with Crippen LogP contribution < -0.4 is 24.6 Å². The smallest absolute Gasteiger partial charge is 0.338 e. The zero-order chi connectivity index (χ0) is 34.9. The van der Waals surface area contributed by atoms with Gasteiger partial charge in [0.2, 0.25) is 11.8 Å². The fourth-order valence-corrected chi connectivity index (χ4v) is 8.82. The summed E-state index contributed by atoms with van der Waals surface area (Å²) < 4.78 is 16.9. The fourth-order valence-electron chi connectivity index (χ4n) is 6.30. The van der Waals surface area contributed by atoms with E-state index in [1.54, 1.807) is 37.3 Å². The van der Waals surface area contributed by atoms with Crippen LogP contribution in [0.5, 0.6) is 11.5 Å². The molecule has 1 saturated heterocycles. The van der Waals surface area contributed by atoms with Gasteiger partial charge in [-0.15, -0.1) is 0 Å². The summed E-state index contributed by atoms with van der Waals surface area (Å²) in [6.07, 6.45) is 0. The Morgan fingerprint density at radius 2 is 1.62 bits per heavy atom. The second-order valence-electron chi connectivity index (χ2n) is 11.6. The van der Waals surface area contributed by atoms with Crippen molar-refractivity contribution in [3.05, 3.63) is 111 Å². The van der Waals surface area contributed by atoms with Gasteiger partial charge in [-0.3, -0.25) is 19.2 Å². The van der Waals surface area contributed by atoms with E-state index in [4.69, 9.17) is 14.2 Å². The van der Waals surface area contributed by atoms with Gasteiger partial charge in [0.15, 0.2) is 18.1 Å². The zero-order valence-electron chi connectivity index (χ0n) is 27.0. The van der Waals surface area contributed by atoms with Crippen molar-refractivity contribution in [1.29, 1.82) is 0 Å². The van der Waals surface area contributed by atoms with Gasteiger partial charge < -0.3 is 24.5 Å². The van der Waals surface area contributed by atoms with Crippen molar-refractivity contribution in [3.8, 4) is 11.5 Å². The number of aromatic amines is 1. The molecule has 5 aromatic rings. The van der Waals surface area contributed by atoms with E-state index in [2.05, 4.69) is 10.3 Å². The molecule has 11 nitrogen and oxygen atoms in total. The Kier molecular flexibility index (Phi) is 9.17. The molecule has 254 valence electrons. The van der Waals surface area contributed by atoms with E-state index in [9.17, 15) is 24.0 Å². The van der Waals surface area contributed by atoms with E-state index in [1.807, 2.05) is 49.4 Å². The minimum absolute atomic E-state index is 0.220. The Bertz CT molecular complexity index is 2200. The number of ether oxygens (including phenoxy) is 3. The normalized spacial score (nSPS) is 18.0. The highest BCUT2D eigenvalue weighted by Crippen LogP contribution is 2.53. The number of imide groups is 1. The molecule has 0 radical (unpaired) electrons. The fraction of sp³-hybridized carbons (Fsp3) is 0.216. The second-order valence-corrected chi connectivity index (χ2v) is 13.7. The first kappa shape index (κ1) is 33.1. The molecule has 3 atom stereocenters. The highest BCUT2D eigenvalue weighted by molar-refractivity contribution is 8.00. The lowest BCUT2D eigenvalue weighted by Gasteiger charge is -2.30. The Balaban J connectivity index is 1.15. The summed E-state index contributed by atoms with van der Waals surface area (Å²) in [6, 6.07) is 24.8. The number of hydrogen-bond donors (Lipinski definition) is 2. The number of nitrogens with zero attached hydrogens (tertiary/aromatic N) is 1. The molecule has 7 rings (SSSR count). The van der Waals surface area contributed by atoms with Crippen molar-refractivity contribution >= 4 is 68.9 Å². The monoisotopic (exact) mass is 709 g/mol. The van der Waals surface area contributed by atoms with E-state index < -0.39 is 34.9 Å². The van der Waals surface area contributed by atoms with Crippen LogP contribution >= 0.6 is 23.1 Å². The van der Waals surface area contributed by atoms with Crippen LogP contribution in [-0.4, -0.2) is 53.7 Å². The molecule has 0 spiro atoms. The molecule has 1 fully saturated rings. The minimum Gasteiger partial charge on any atom is -0.490 e. The predicted octanol–water partition coefficient (Wildman–Crippen LogP) is 5.98.